The van der Waals surface area contributed by atoms with Crippen molar-refractivity contribution in [2.24, 2.45) is 9.98 Å². The maximum atomic E-state index is 6.08. The first-order valence-electron chi connectivity index (χ1n) is 7.56. The van der Waals surface area contributed by atoms with E-state index in [9.17, 15) is 0 Å². The summed E-state index contributed by atoms with van der Waals surface area (Å²) in [5.41, 5.74) is 5.76. The lowest BCUT2D eigenvalue weighted by Crippen LogP contribution is -2.08. The Labute approximate surface area is 147 Å². The highest BCUT2D eigenvalue weighted by atomic mass is 35.5. The first-order chi connectivity index (χ1) is 10.9. The number of rotatable bonds is 4. The predicted molar refractivity (Wildman–Crippen MR) is 103 cm³/mol. The van der Waals surface area contributed by atoms with Gasteiger partial charge >= 0.3 is 0 Å². The molecule has 0 aliphatic rings. The number of aryl methyl sites for hydroxylation is 2. The van der Waals surface area contributed by atoms with Crippen LogP contribution in [-0.2, 0) is 0 Å². The molecule has 0 aromatic heterocycles. The van der Waals surface area contributed by atoms with Crippen LogP contribution in [0.1, 0.15) is 31.4 Å². The number of aliphatic imine (C=N–C) groups is 2. The summed E-state index contributed by atoms with van der Waals surface area (Å²) in [5.74, 6) is 0. The molecule has 0 N–H and O–H groups in total. The van der Waals surface area contributed by atoms with E-state index in [0.717, 1.165) is 40.3 Å². The average Bonchev–Trinajstić information content (AvgIpc) is 2.51. The fourth-order valence-electron chi connectivity index (χ4n) is 2.21. The topological polar surface area (TPSA) is 24.7 Å². The lowest BCUT2D eigenvalue weighted by Gasteiger charge is -2.08. The minimum Gasteiger partial charge on any atom is -0.252 e. The van der Waals surface area contributed by atoms with Crippen molar-refractivity contribution >= 4 is 46.0 Å². The summed E-state index contributed by atoms with van der Waals surface area (Å²) in [6.45, 7) is 8.09. The Balaban J connectivity index is 2.43. The SMILES string of the molecule is CCC(=Nc1cc(Cl)ccc1C)C(C)=Nc1cc(Cl)ccc1C. The molecular weight excluding hydrogens is 327 g/mol. The predicted octanol–water partition coefficient (Wildman–Crippen LogP) is 6.89. The molecule has 0 radical (unpaired) electrons. The van der Waals surface area contributed by atoms with Crippen LogP contribution in [0.5, 0.6) is 0 Å². The van der Waals surface area contributed by atoms with Gasteiger partial charge in [0.15, 0.2) is 0 Å². The Morgan fingerprint density at radius 2 is 1.35 bits per heavy atom. The number of hydrogen-bond acceptors (Lipinski definition) is 2. The van der Waals surface area contributed by atoms with Crippen molar-refractivity contribution in [3.8, 4) is 0 Å². The number of halogens is 2. The first kappa shape index (κ1) is 17.7. The van der Waals surface area contributed by atoms with Gasteiger partial charge in [-0.05, 0) is 62.6 Å². The van der Waals surface area contributed by atoms with Crippen LogP contribution in [0.15, 0.2) is 46.4 Å². The van der Waals surface area contributed by atoms with E-state index in [-0.39, 0.29) is 0 Å². The molecule has 2 aromatic carbocycles. The molecule has 0 saturated heterocycles. The maximum Gasteiger partial charge on any atom is 0.0677 e. The minimum atomic E-state index is 0.683. The van der Waals surface area contributed by atoms with Crippen LogP contribution >= 0.6 is 23.2 Å². The Morgan fingerprint density at radius 1 is 0.870 bits per heavy atom. The van der Waals surface area contributed by atoms with Crippen molar-refractivity contribution in [3.63, 3.8) is 0 Å². The zero-order chi connectivity index (χ0) is 17.0. The van der Waals surface area contributed by atoms with Gasteiger partial charge in [0.2, 0.25) is 0 Å². The largest absolute Gasteiger partial charge is 0.252 e. The van der Waals surface area contributed by atoms with E-state index in [2.05, 4.69) is 6.92 Å². The summed E-state index contributed by atoms with van der Waals surface area (Å²) in [6, 6.07) is 11.4. The molecule has 2 nitrogen and oxygen atoms in total. The molecule has 2 rings (SSSR count). The Bertz CT molecular complexity index is 777. The van der Waals surface area contributed by atoms with Crippen LogP contribution < -0.4 is 0 Å². The summed E-state index contributed by atoms with van der Waals surface area (Å²) in [4.78, 5) is 9.46. The van der Waals surface area contributed by atoms with Crippen LogP contribution in [0, 0.1) is 13.8 Å². The molecule has 0 fully saturated rings. The van der Waals surface area contributed by atoms with E-state index in [1.54, 1.807) is 0 Å². The van der Waals surface area contributed by atoms with Crippen molar-refractivity contribution < 1.29 is 0 Å². The van der Waals surface area contributed by atoms with E-state index in [1.165, 1.54) is 0 Å². The molecule has 120 valence electrons. The zero-order valence-electron chi connectivity index (χ0n) is 13.8. The molecule has 0 heterocycles. The molecule has 23 heavy (non-hydrogen) atoms. The fraction of sp³-hybridized carbons (Fsp3) is 0.263. The second-order valence-corrected chi connectivity index (χ2v) is 6.34. The smallest absolute Gasteiger partial charge is 0.0677 e. The third-order valence-electron chi connectivity index (χ3n) is 3.64. The molecular formula is C19H20Cl2N2. The van der Waals surface area contributed by atoms with Crippen molar-refractivity contribution in [2.75, 3.05) is 0 Å². The molecule has 0 saturated carbocycles. The summed E-state index contributed by atoms with van der Waals surface area (Å²) < 4.78 is 0. The summed E-state index contributed by atoms with van der Waals surface area (Å²) in [5, 5.41) is 1.37. The molecule has 4 heteroatoms. The Hall–Kier alpha value is -1.64. The van der Waals surface area contributed by atoms with Crippen LogP contribution in [0.3, 0.4) is 0 Å². The Kier molecular flexibility index (Phi) is 5.97. The molecule has 0 bridgehead atoms. The van der Waals surface area contributed by atoms with Gasteiger partial charge in [0, 0.05) is 10.0 Å². The summed E-state index contributed by atoms with van der Waals surface area (Å²) in [7, 11) is 0. The summed E-state index contributed by atoms with van der Waals surface area (Å²) in [6.07, 6.45) is 0.793. The normalized spacial score (nSPS) is 12.6. The molecule has 0 aliphatic carbocycles. The van der Waals surface area contributed by atoms with Gasteiger partial charge in [0.05, 0.1) is 22.8 Å². The van der Waals surface area contributed by atoms with Crippen LogP contribution in [-0.4, -0.2) is 11.4 Å². The van der Waals surface area contributed by atoms with E-state index < -0.39 is 0 Å². The van der Waals surface area contributed by atoms with Crippen LogP contribution in [0.4, 0.5) is 11.4 Å². The van der Waals surface area contributed by atoms with Gasteiger partial charge in [-0.25, -0.2) is 0 Å². The highest BCUT2D eigenvalue weighted by molar-refractivity contribution is 6.42. The van der Waals surface area contributed by atoms with Gasteiger partial charge in [-0.2, -0.15) is 0 Å². The van der Waals surface area contributed by atoms with Gasteiger partial charge < -0.3 is 0 Å². The monoisotopic (exact) mass is 346 g/mol. The lowest BCUT2D eigenvalue weighted by molar-refractivity contribution is 1.27. The third kappa shape index (κ3) is 4.66. The van der Waals surface area contributed by atoms with E-state index >= 15 is 0 Å². The first-order valence-corrected chi connectivity index (χ1v) is 8.32. The third-order valence-corrected chi connectivity index (χ3v) is 4.11. The van der Waals surface area contributed by atoms with Crippen molar-refractivity contribution in [2.45, 2.75) is 34.1 Å². The lowest BCUT2D eigenvalue weighted by atomic mass is 10.1. The fourth-order valence-corrected chi connectivity index (χ4v) is 2.55. The van der Waals surface area contributed by atoms with Gasteiger partial charge in [-0.3, -0.25) is 9.98 Å². The van der Waals surface area contributed by atoms with Gasteiger partial charge in [0.1, 0.15) is 0 Å². The van der Waals surface area contributed by atoms with E-state index in [4.69, 9.17) is 33.2 Å². The van der Waals surface area contributed by atoms with Crippen molar-refractivity contribution in [1.29, 1.82) is 0 Å². The quantitative estimate of drug-likeness (QED) is 0.538. The van der Waals surface area contributed by atoms with E-state index in [1.807, 2.05) is 57.2 Å². The highest BCUT2D eigenvalue weighted by Gasteiger charge is 2.06. The summed E-state index contributed by atoms with van der Waals surface area (Å²) >= 11 is 12.1. The highest BCUT2D eigenvalue weighted by Crippen LogP contribution is 2.25. The second kappa shape index (κ2) is 7.76. The van der Waals surface area contributed by atoms with Gasteiger partial charge in [-0.1, -0.05) is 42.3 Å². The molecule has 0 unspecified atom stereocenters. The van der Waals surface area contributed by atoms with E-state index in [0.29, 0.717) is 10.0 Å². The molecule has 2 aromatic rings. The molecule has 0 aliphatic heterocycles. The Morgan fingerprint density at radius 3 is 1.83 bits per heavy atom. The average molecular weight is 347 g/mol. The van der Waals surface area contributed by atoms with Crippen LogP contribution in [0.2, 0.25) is 10.0 Å². The zero-order valence-corrected chi connectivity index (χ0v) is 15.3. The van der Waals surface area contributed by atoms with Gasteiger partial charge in [0.25, 0.3) is 0 Å². The standard InChI is InChI=1S/C19H20Cl2N2/c1-5-17(23-19-11-16(21)9-7-13(19)3)14(4)22-18-10-15(20)8-6-12(18)2/h6-11H,5H2,1-4H3. The number of nitrogens with zero attached hydrogens (tertiary/aromatic N) is 2. The maximum absolute atomic E-state index is 6.08. The second-order valence-electron chi connectivity index (χ2n) is 5.47. The molecule has 0 amide bonds. The van der Waals surface area contributed by atoms with Crippen molar-refractivity contribution in [1.82, 2.24) is 0 Å². The molecule has 0 spiro atoms. The van der Waals surface area contributed by atoms with Crippen LogP contribution in [0.25, 0.3) is 0 Å². The molecule has 0 atom stereocenters. The van der Waals surface area contributed by atoms with Gasteiger partial charge in [-0.15, -0.1) is 0 Å². The number of benzene rings is 2. The number of hydrogen-bond donors (Lipinski definition) is 0. The minimum absolute atomic E-state index is 0.683. The van der Waals surface area contributed by atoms with Crippen molar-refractivity contribution in [3.05, 3.63) is 57.6 Å².